The molecule has 0 amide bonds. The Bertz CT molecular complexity index is 985. The summed E-state index contributed by atoms with van der Waals surface area (Å²) < 4.78 is 11.1. The van der Waals surface area contributed by atoms with Gasteiger partial charge in [-0.1, -0.05) is 42.4 Å². The van der Waals surface area contributed by atoms with E-state index in [0.717, 1.165) is 59.6 Å². The van der Waals surface area contributed by atoms with Crippen molar-refractivity contribution in [2.45, 2.75) is 64.0 Å². The Hall–Kier alpha value is -2.65. The molecule has 3 unspecified atom stereocenters. The van der Waals surface area contributed by atoms with Crippen molar-refractivity contribution in [3.8, 4) is 5.75 Å². The van der Waals surface area contributed by atoms with Gasteiger partial charge in [-0.2, -0.15) is 5.10 Å². The molecular formula is C23H30N6O2S. The van der Waals surface area contributed by atoms with Gasteiger partial charge < -0.3 is 19.2 Å². The molecule has 3 aliphatic heterocycles. The third kappa shape index (κ3) is 4.06. The quantitative estimate of drug-likeness (QED) is 0.608. The van der Waals surface area contributed by atoms with Crippen LogP contribution in [-0.4, -0.2) is 39.0 Å². The number of aromatic nitrogens is 1. The number of rotatable bonds is 7. The third-order valence-corrected chi connectivity index (χ3v) is 7.27. The van der Waals surface area contributed by atoms with Crippen LogP contribution in [0.15, 0.2) is 46.3 Å². The van der Waals surface area contributed by atoms with Crippen LogP contribution < -0.4 is 15.6 Å². The first-order valence-electron chi connectivity index (χ1n) is 11.3. The highest BCUT2D eigenvalue weighted by Gasteiger charge is 2.44. The monoisotopic (exact) mass is 454 g/mol. The Labute approximate surface area is 193 Å². The first-order chi connectivity index (χ1) is 15.6. The minimum Gasteiger partial charge on any atom is -0.494 e. The second kappa shape index (κ2) is 9.07. The normalized spacial score (nSPS) is 23.7. The Morgan fingerprint density at radius 1 is 1.22 bits per heavy atom. The fourth-order valence-electron chi connectivity index (χ4n) is 4.34. The summed E-state index contributed by atoms with van der Waals surface area (Å²) in [5, 5.41) is 11.9. The van der Waals surface area contributed by atoms with Gasteiger partial charge >= 0.3 is 0 Å². The zero-order valence-electron chi connectivity index (χ0n) is 18.7. The second-order valence-electron chi connectivity index (χ2n) is 8.43. The lowest BCUT2D eigenvalue weighted by Gasteiger charge is -2.36. The van der Waals surface area contributed by atoms with E-state index in [9.17, 15) is 0 Å². The van der Waals surface area contributed by atoms with Gasteiger partial charge in [0.2, 0.25) is 0 Å². The predicted molar refractivity (Wildman–Crippen MR) is 126 cm³/mol. The van der Waals surface area contributed by atoms with E-state index in [2.05, 4.69) is 74.6 Å². The van der Waals surface area contributed by atoms with Gasteiger partial charge in [-0.15, -0.1) is 0 Å². The molecule has 0 aliphatic carbocycles. The largest absolute Gasteiger partial charge is 0.494 e. The van der Waals surface area contributed by atoms with Crippen molar-refractivity contribution in [3.63, 3.8) is 0 Å². The maximum atomic E-state index is 5.81. The summed E-state index contributed by atoms with van der Waals surface area (Å²) in [4.78, 5) is 2.23. The molecule has 2 N–H and O–H groups in total. The summed E-state index contributed by atoms with van der Waals surface area (Å²) >= 11 is 1.71. The lowest BCUT2D eigenvalue weighted by Crippen LogP contribution is -2.54. The van der Waals surface area contributed by atoms with E-state index in [1.807, 2.05) is 13.8 Å². The smallest absolute Gasteiger partial charge is 0.189 e. The maximum Gasteiger partial charge on any atom is 0.189 e. The Morgan fingerprint density at radius 3 is 2.81 bits per heavy atom. The summed E-state index contributed by atoms with van der Waals surface area (Å²) in [6.07, 6.45) is 7.54. The van der Waals surface area contributed by atoms with Crippen LogP contribution in [0.1, 0.15) is 54.8 Å². The topological polar surface area (TPSA) is 78.2 Å². The number of nitrogens with one attached hydrogen (secondary N) is 2. The van der Waals surface area contributed by atoms with Crippen LogP contribution in [0.25, 0.3) is 0 Å². The predicted octanol–water partition coefficient (Wildman–Crippen LogP) is 4.01. The third-order valence-electron chi connectivity index (χ3n) is 6.28. The second-order valence-corrected chi connectivity index (χ2v) is 9.37. The molecule has 0 saturated carbocycles. The van der Waals surface area contributed by atoms with Crippen LogP contribution in [0.2, 0.25) is 0 Å². The zero-order chi connectivity index (χ0) is 22.1. The van der Waals surface area contributed by atoms with Crippen LogP contribution in [0.3, 0.4) is 0 Å². The number of thioether (sulfide) groups is 1. The minimum absolute atomic E-state index is 0.112. The van der Waals surface area contributed by atoms with Crippen molar-refractivity contribution in [2.75, 3.05) is 6.61 Å². The molecule has 3 atom stereocenters. The lowest BCUT2D eigenvalue weighted by molar-refractivity contribution is 0.152. The number of hydrazone groups is 1. The van der Waals surface area contributed by atoms with E-state index >= 15 is 0 Å². The first-order valence-corrected chi connectivity index (χ1v) is 12.2. The number of hydrogen-bond donors (Lipinski definition) is 2. The average molecular weight is 455 g/mol. The van der Waals surface area contributed by atoms with E-state index in [1.54, 1.807) is 11.8 Å². The summed E-state index contributed by atoms with van der Waals surface area (Å²) in [6, 6.07) is 9.03. The zero-order valence-corrected chi connectivity index (χ0v) is 19.6. The molecule has 8 nitrogen and oxygen atoms in total. The van der Waals surface area contributed by atoms with Gasteiger partial charge in [0.15, 0.2) is 5.17 Å². The van der Waals surface area contributed by atoms with Crippen molar-refractivity contribution in [2.24, 2.45) is 5.10 Å². The summed E-state index contributed by atoms with van der Waals surface area (Å²) in [6.45, 7) is 6.89. The van der Waals surface area contributed by atoms with Crippen LogP contribution in [0, 0.1) is 13.8 Å². The fourth-order valence-corrected chi connectivity index (χ4v) is 5.47. The first kappa shape index (κ1) is 21.2. The Kier molecular flexibility index (Phi) is 6.01. The van der Waals surface area contributed by atoms with Gasteiger partial charge in [0.1, 0.15) is 17.7 Å². The minimum atomic E-state index is 0.112. The molecule has 170 valence electrons. The molecule has 4 heterocycles. The van der Waals surface area contributed by atoms with Gasteiger partial charge in [-0.05, 0) is 44.4 Å². The molecule has 5 rings (SSSR count). The number of hydrazine groups is 1. The van der Waals surface area contributed by atoms with E-state index < -0.39 is 0 Å². The molecule has 0 spiro atoms. The van der Waals surface area contributed by atoms with E-state index in [1.165, 1.54) is 5.56 Å². The average Bonchev–Trinajstić information content (AvgIpc) is 3.50. The fraction of sp³-hybridized carbons (Fsp3) is 0.478. The van der Waals surface area contributed by atoms with Gasteiger partial charge in [-0.3, -0.25) is 5.43 Å². The molecule has 0 radical (unpaired) electrons. The van der Waals surface area contributed by atoms with Crippen molar-refractivity contribution in [1.29, 1.82) is 0 Å². The van der Waals surface area contributed by atoms with Gasteiger partial charge in [0.05, 0.1) is 24.4 Å². The number of hydrogen-bond acceptors (Lipinski definition) is 9. The van der Waals surface area contributed by atoms with Crippen molar-refractivity contribution in [1.82, 2.24) is 25.9 Å². The summed E-state index contributed by atoms with van der Waals surface area (Å²) in [5.74, 6) is 2.61. The van der Waals surface area contributed by atoms with Crippen LogP contribution in [0.4, 0.5) is 0 Å². The van der Waals surface area contributed by atoms with Crippen molar-refractivity contribution >= 4 is 16.9 Å². The van der Waals surface area contributed by atoms with E-state index in [-0.39, 0.29) is 18.2 Å². The molecule has 1 aromatic carbocycles. The number of ether oxygens (including phenoxy) is 1. The molecule has 2 aromatic rings. The van der Waals surface area contributed by atoms with Crippen molar-refractivity contribution < 1.29 is 9.26 Å². The maximum absolute atomic E-state index is 5.81. The van der Waals surface area contributed by atoms with Crippen molar-refractivity contribution in [3.05, 3.63) is 59.2 Å². The van der Waals surface area contributed by atoms with E-state index in [4.69, 9.17) is 9.26 Å². The molecule has 0 bridgehead atoms. The molecular weight excluding hydrogens is 424 g/mol. The number of amidine groups is 1. The van der Waals surface area contributed by atoms with Crippen LogP contribution in [-0.2, 0) is 5.75 Å². The Balaban J connectivity index is 1.20. The highest BCUT2D eigenvalue weighted by molar-refractivity contribution is 8.13. The number of fused-ring (bicyclic) bond motifs is 3. The SMILES string of the molecule is CCCCOc1ccc(C2CC3C4NN=C(SCc5c(C)noc5C)N4C=CN3N2)cc1. The number of benzene rings is 1. The summed E-state index contributed by atoms with van der Waals surface area (Å²) in [7, 11) is 0. The van der Waals surface area contributed by atoms with Gasteiger partial charge in [-0.25, -0.2) is 5.43 Å². The molecule has 3 aliphatic rings. The lowest BCUT2D eigenvalue weighted by atomic mass is 10.00. The van der Waals surface area contributed by atoms with Gasteiger partial charge in [0.25, 0.3) is 0 Å². The number of nitrogens with zero attached hydrogens (tertiary/aromatic N) is 4. The molecule has 1 aromatic heterocycles. The molecule has 32 heavy (non-hydrogen) atoms. The highest BCUT2D eigenvalue weighted by atomic mass is 32.2. The number of unbranched alkanes of at least 4 members (excludes halogenated alkanes) is 1. The number of aryl methyl sites for hydroxylation is 2. The molecule has 9 heteroatoms. The van der Waals surface area contributed by atoms with E-state index in [0.29, 0.717) is 0 Å². The molecule has 1 fully saturated rings. The van der Waals surface area contributed by atoms with Gasteiger partial charge in [0, 0.05) is 23.7 Å². The summed E-state index contributed by atoms with van der Waals surface area (Å²) in [5.41, 5.74) is 10.4. The highest BCUT2D eigenvalue weighted by Crippen LogP contribution is 2.36. The standard InChI is InChI=1S/C23H30N6O2S/c1-4-5-12-30-18-8-6-17(7-9-18)20-13-21-22-24-25-23(28(22)10-11-29(21)26-20)32-14-19-15(2)27-31-16(19)3/h6-11,20-22,24,26H,4-5,12-14H2,1-3H3. The Morgan fingerprint density at radius 2 is 2.06 bits per heavy atom. The van der Waals surface area contributed by atoms with Crippen LogP contribution >= 0.6 is 11.8 Å². The molecule has 1 saturated heterocycles. The van der Waals surface area contributed by atoms with Crippen LogP contribution in [0.5, 0.6) is 5.75 Å².